The van der Waals surface area contributed by atoms with E-state index < -0.39 is 123 Å². The van der Waals surface area contributed by atoms with Crippen LogP contribution in [0.4, 0.5) is 21.5 Å². The average molecular weight is 1050 g/mol. The molecule has 9 atom stereocenters. The Kier molecular flexibility index (Phi) is 15.1. The number of benzene rings is 2. The summed E-state index contributed by atoms with van der Waals surface area (Å²) < 4.78 is 41.1. The molecule has 8 N–H and O–H groups in total. The zero-order valence-electron chi connectivity index (χ0n) is 44.0. The number of hydrogen-bond acceptors (Lipinski definition) is 16. The number of aryl methyl sites for hydroxylation is 1. The second-order valence-electron chi connectivity index (χ2n) is 20.8. The minimum Gasteiger partial charge on any atom is -0.507 e. The van der Waals surface area contributed by atoms with Gasteiger partial charge in [0.15, 0.2) is 11.6 Å². The number of carboxylic acids is 1. The number of nitrogens with one attached hydrogen (secondary N) is 2. The van der Waals surface area contributed by atoms with E-state index in [-0.39, 0.29) is 58.2 Å². The zero-order chi connectivity index (χ0) is 55.6. The van der Waals surface area contributed by atoms with Crippen molar-refractivity contribution in [1.82, 2.24) is 4.40 Å². The fourth-order valence-electron chi connectivity index (χ4n) is 10.9. The molecule has 1 saturated carbocycles. The van der Waals surface area contributed by atoms with Crippen LogP contribution in [0.2, 0.25) is 0 Å². The second kappa shape index (κ2) is 21.0. The summed E-state index contributed by atoms with van der Waals surface area (Å²) in [6.07, 6.45) is 7.56. The van der Waals surface area contributed by atoms with E-state index in [0.29, 0.717) is 28.6 Å². The molecule has 6 heterocycles. The number of anilines is 3. The SMILES string of the molecule is CO[C@H]1C=CO[C@@]2(C)Oc3c(C)c(O)c4c(O)c(c(NC=C5CCN(c6c(F)cn7c(=O)c(C(=O)O)cc(C8CC8)c7c6C)C5)c(O)c4c3C2=O)NC(=O)C(C)=CC=C[C@H](C)[C@H](O)[C@@H](C)[C@@H](O)[C@@H](C)[C@H](OC(C)=O)[C@@H]1C. The molecule has 0 spiro atoms. The van der Waals surface area contributed by atoms with Crippen molar-refractivity contribution in [3.8, 4) is 23.0 Å². The number of methoxy groups -OCH3 is 1. The number of aliphatic hydroxyl groups is 2. The molecule has 1 saturated heterocycles. The third-order valence-electron chi connectivity index (χ3n) is 15.5. The second-order valence-corrected chi connectivity index (χ2v) is 20.8. The van der Waals surface area contributed by atoms with Crippen molar-refractivity contribution in [2.45, 2.75) is 118 Å². The van der Waals surface area contributed by atoms with Crippen molar-refractivity contribution >= 4 is 57.0 Å². The standard InChI is InChI=1S/C56H65FN4O15/c1-24-12-11-13-25(2)53(69)59-42-41(58-21-32-16-18-60(22-32)44-27(4)43-34(33-14-15-33)20-35(55(71)72)54(70)61(43)23-36(44)57)48(66)38-39(49(42)67)47(65)30(7)51-40(38)52(68)56(9,76-51)74-19-17-37(73-10)26(3)50(75-31(8)62)29(6)46(64)28(5)45(24)63/h11-13,17,19-21,23-24,26,28-29,33,37,45-46,50,58,63-67H,14-16,18,22H2,1-10H3,(H,59,69)(H,71,72)/t24-,26+,28+,29+,37-,45-,46+,50+,56-/m0/s1. The molecule has 1 amide bonds. The molecule has 19 nitrogen and oxygen atoms in total. The first-order valence-electron chi connectivity index (χ1n) is 25.2. The molecular formula is C56H65FN4O15. The molecule has 1 aliphatic carbocycles. The van der Waals surface area contributed by atoms with E-state index in [1.165, 1.54) is 65.3 Å². The molecule has 4 aliphatic heterocycles. The molecule has 4 aromatic rings. The number of carbonyl (C=O) groups excluding carboxylic acids is 3. The van der Waals surface area contributed by atoms with Gasteiger partial charge in [-0.3, -0.25) is 23.6 Å². The topological polar surface area (TPSA) is 275 Å². The van der Waals surface area contributed by atoms with E-state index in [1.807, 2.05) is 0 Å². The Morgan fingerprint density at radius 2 is 1.64 bits per heavy atom. The summed E-state index contributed by atoms with van der Waals surface area (Å²) in [6.45, 7) is 14.4. The third-order valence-corrected chi connectivity index (χ3v) is 15.5. The molecule has 5 bridgehead atoms. The van der Waals surface area contributed by atoms with Crippen LogP contribution in [0.1, 0.15) is 111 Å². The van der Waals surface area contributed by atoms with E-state index in [2.05, 4.69) is 10.6 Å². The maximum absolute atomic E-state index is 16.2. The molecule has 2 aromatic heterocycles. The number of rotatable bonds is 7. The van der Waals surface area contributed by atoms with Gasteiger partial charge in [0.2, 0.25) is 0 Å². The van der Waals surface area contributed by atoms with E-state index in [4.69, 9.17) is 18.9 Å². The number of fused-ring (bicyclic) bond motifs is 15. The number of carboxylic acid groups (broad SMARTS) is 1. The van der Waals surface area contributed by atoms with Crippen molar-refractivity contribution in [2.24, 2.45) is 23.7 Å². The smallest absolute Gasteiger partial charge is 0.341 e. The fraction of sp³-hybridized carbons (Fsp3) is 0.446. The summed E-state index contributed by atoms with van der Waals surface area (Å²) in [5, 5.41) is 74.2. The number of hydrogen-bond donors (Lipinski definition) is 8. The van der Waals surface area contributed by atoms with Gasteiger partial charge in [0.05, 0.1) is 52.9 Å². The van der Waals surface area contributed by atoms with Crippen LogP contribution in [-0.4, -0.2) is 109 Å². The maximum Gasteiger partial charge on any atom is 0.341 e. The van der Waals surface area contributed by atoms with Crippen molar-refractivity contribution in [2.75, 3.05) is 35.7 Å². The fourth-order valence-corrected chi connectivity index (χ4v) is 10.9. The zero-order valence-corrected chi connectivity index (χ0v) is 44.0. The lowest BCUT2D eigenvalue weighted by Crippen LogP contribution is -2.46. The monoisotopic (exact) mass is 1050 g/mol. The van der Waals surface area contributed by atoms with Gasteiger partial charge in [0.1, 0.15) is 40.3 Å². The number of ether oxygens (including phenoxy) is 4. The van der Waals surface area contributed by atoms with E-state index in [1.54, 1.807) is 45.6 Å². The number of carbonyl (C=O) groups is 4. The van der Waals surface area contributed by atoms with E-state index >= 15 is 4.39 Å². The van der Waals surface area contributed by atoms with Crippen molar-refractivity contribution in [1.29, 1.82) is 0 Å². The Bertz CT molecular complexity index is 3270. The highest BCUT2D eigenvalue weighted by molar-refractivity contribution is 6.23. The van der Waals surface area contributed by atoms with Gasteiger partial charge in [-0.2, -0.15) is 0 Å². The van der Waals surface area contributed by atoms with Crippen LogP contribution in [0.5, 0.6) is 23.0 Å². The minimum absolute atomic E-state index is 0.00876. The summed E-state index contributed by atoms with van der Waals surface area (Å²) in [5.74, 6) is -11.4. The van der Waals surface area contributed by atoms with Crippen LogP contribution >= 0.6 is 0 Å². The number of esters is 1. The molecule has 0 radical (unpaired) electrons. The van der Waals surface area contributed by atoms with Gasteiger partial charge in [-0.1, -0.05) is 45.9 Å². The number of aromatic carboxylic acids is 1. The lowest BCUT2D eigenvalue weighted by atomic mass is 9.78. The van der Waals surface area contributed by atoms with E-state index in [0.717, 1.165) is 29.7 Å². The highest BCUT2D eigenvalue weighted by Gasteiger charge is 2.50. The summed E-state index contributed by atoms with van der Waals surface area (Å²) in [6, 6.07) is 1.38. The van der Waals surface area contributed by atoms with Gasteiger partial charge in [-0.15, -0.1) is 0 Å². The van der Waals surface area contributed by atoms with Crippen molar-refractivity contribution in [3.05, 3.63) is 104 Å². The number of nitrogens with zero attached hydrogens (tertiary/aromatic N) is 2. The Balaban J connectivity index is 1.22. The number of aromatic nitrogens is 1. The quantitative estimate of drug-likeness (QED) is 0.0503. The van der Waals surface area contributed by atoms with Gasteiger partial charge < -0.3 is 65.1 Å². The van der Waals surface area contributed by atoms with Crippen molar-refractivity contribution in [3.63, 3.8) is 0 Å². The third kappa shape index (κ3) is 9.73. The van der Waals surface area contributed by atoms with Crippen LogP contribution < -0.4 is 25.8 Å². The minimum atomic E-state index is -2.14. The predicted octanol–water partition coefficient (Wildman–Crippen LogP) is 7.60. The molecule has 406 valence electrons. The number of amides is 1. The van der Waals surface area contributed by atoms with Gasteiger partial charge in [0.25, 0.3) is 17.2 Å². The Morgan fingerprint density at radius 1 is 0.947 bits per heavy atom. The normalized spacial score (nSPS) is 27.0. The lowest BCUT2D eigenvalue weighted by molar-refractivity contribution is -0.160. The first kappa shape index (κ1) is 54.8. The Labute approximate surface area is 437 Å². The number of Topliss-reactive ketones (excluding diaryl/α,β-unsaturated/α-hetero) is 1. The number of ketones is 1. The van der Waals surface area contributed by atoms with Crippen LogP contribution in [-0.2, 0) is 23.8 Å². The summed E-state index contributed by atoms with van der Waals surface area (Å²) >= 11 is 0. The molecule has 9 rings (SSSR count). The summed E-state index contributed by atoms with van der Waals surface area (Å²) in [7, 11) is 1.41. The molecular weight excluding hydrogens is 988 g/mol. The van der Waals surface area contributed by atoms with Crippen LogP contribution in [0.3, 0.4) is 0 Å². The average Bonchev–Trinajstić information content (AvgIpc) is 4.14. The first-order chi connectivity index (χ1) is 35.8. The molecule has 76 heavy (non-hydrogen) atoms. The molecule has 5 aliphatic rings. The van der Waals surface area contributed by atoms with Crippen LogP contribution in [0.25, 0.3) is 16.3 Å². The van der Waals surface area contributed by atoms with Gasteiger partial charge in [0, 0.05) is 80.4 Å². The maximum atomic E-state index is 16.2. The highest BCUT2D eigenvalue weighted by atomic mass is 19.1. The Morgan fingerprint density at radius 3 is 2.29 bits per heavy atom. The number of phenols is 3. The molecule has 2 fully saturated rings. The van der Waals surface area contributed by atoms with Crippen LogP contribution in [0.15, 0.2) is 65.0 Å². The summed E-state index contributed by atoms with van der Waals surface area (Å²) in [4.78, 5) is 68.3. The first-order valence-corrected chi connectivity index (χ1v) is 25.2. The van der Waals surface area contributed by atoms with Gasteiger partial charge in [-0.05, 0) is 74.8 Å². The number of pyridine rings is 2. The largest absolute Gasteiger partial charge is 0.507 e. The predicted molar refractivity (Wildman–Crippen MR) is 280 cm³/mol. The molecule has 0 unspecified atom stereocenters. The number of aromatic hydroxyl groups is 3. The van der Waals surface area contributed by atoms with Crippen molar-refractivity contribution < 1.29 is 73.2 Å². The number of halogens is 1. The lowest BCUT2D eigenvalue weighted by Gasteiger charge is -2.38. The van der Waals surface area contributed by atoms with Crippen LogP contribution in [0, 0.1) is 43.3 Å². The van der Waals surface area contributed by atoms with Gasteiger partial charge >= 0.3 is 17.7 Å². The molecule has 20 heteroatoms. The number of allylic oxidation sites excluding steroid dienone is 2. The number of aliphatic hydroxyl groups excluding tert-OH is 2. The van der Waals surface area contributed by atoms with Gasteiger partial charge in [-0.25, -0.2) is 9.18 Å². The Hall–Kier alpha value is -7.42. The number of phenolic OH excluding ortho intramolecular Hbond substituents is 3. The highest BCUT2D eigenvalue weighted by Crippen LogP contribution is 2.57. The molecule has 2 aromatic carbocycles. The summed E-state index contributed by atoms with van der Waals surface area (Å²) in [5.41, 5.74) is 0.180. The van der Waals surface area contributed by atoms with E-state index in [9.17, 15) is 54.6 Å².